The fourth-order valence-corrected chi connectivity index (χ4v) is 1.78. The Bertz CT molecular complexity index is 308. The van der Waals surface area contributed by atoms with Crippen LogP contribution in [-0.4, -0.2) is 65.7 Å². The second kappa shape index (κ2) is 9.58. The van der Waals surface area contributed by atoms with Crippen molar-refractivity contribution < 1.29 is 14.7 Å². The largest absolute Gasteiger partial charge is 0.481 e. The van der Waals surface area contributed by atoms with E-state index in [1.165, 1.54) is 0 Å². The van der Waals surface area contributed by atoms with Crippen LogP contribution >= 0.6 is 0 Å². The number of rotatable bonds is 9. The van der Waals surface area contributed by atoms with Gasteiger partial charge in [0.25, 0.3) is 0 Å². The van der Waals surface area contributed by atoms with Crippen molar-refractivity contribution >= 4 is 12.0 Å². The molecule has 6 nitrogen and oxygen atoms in total. The van der Waals surface area contributed by atoms with Crippen LogP contribution in [-0.2, 0) is 4.79 Å². The Morgan fingerprint density at radius 1 is 1.20 bits per heavy atom. The monoisotopic (exact) mass is 287 g/mol. The maximum atomic E-state index is 12.0. The Balaban J connectivity index is 4.17. The van der Waals surface area contributed by atoms with Crippen LogP contribution in [0.5, 0.6) is 0 Å². The first-order chi connectivity index (χ1) is 9.29. The molecule has 0 fully saturated rings. The highest BCUT2D eigenvalue weighted by atomic mass is 16.4. The molecule has 2 N–H and O–H groups in total. The number of carboxylic acid groups (broad SMARTS) is 1. The van der Waals surface area contributed by atoms with Crippen molar-refractivity contribution in [2.45, 2.75) is 52.6 Å². The van der Waals surface area contributed by atoms with Crippen LogP contribution in [0.1, 0.15) is 40.5 Å². The number of carbonyl (C=O) groups is 2. The molecule has 0 bridgehead atoms. The number of hydrogen-bond acceptors (Lipinski definition) is 3. The minimum absolute atomic E-state index is 0.0124. The van der Waals surface area contributed by atoms with E-state index in [1.807, 2.05) is 20.9 Å². The Labute approximate surface area is 122 Å². The summed E-state index contributed by atoms with van der Waals surface area (Å²) in [7, 11) is 2.03. The Kier molecular flexibility index (Phi) is 8.96. The molecule has 6 heteroatoms. The fourth-order valence-electron chi connectivity index (χ4n) is 1.78. The van der Waals surface area contributed by atoms with Gasteiger partial charge in [0.05, 0.1) is 6.42 Å². The van der Waals surface area contributed by atoms with E-state index in [1.54, 1.807) is 4.90 Å². The van der Waals surface area contributed by atoms with Gasteiger partial charge in [-0.15, -0.1) is 0 Å². The number of likely N-dealkylation sites (N-methyl/N-ethyl adjacent to an activating group) is 1. The second-order valence-electron chi connectivity index (χ2n) is 5.40. The molecule has 0 radical (unpaired) electrons. The summed E-state index contributed by atoms with van der Waals surface area (Å²) < 4.78 is 0. The van der Waals surface area contributed by atoms with Crippen LogP contribution in [0.15, 0.2) is 0 Å². The van der Waals surface area contributed by atoms with E-state index < -0.39 is 5.97 Å². The molecule has 118 valence electrons. The molecule has 2 amide bonds. The van der Waals surface area contributed by atoms with Crippen LogP contribution in [0.3, 0.4) is 0 Å². The van der Waals surface area contributed by atoms with Crippen molar-refractivity contribution in [1.29, 1.82) is 0 Å². The molecule has 20 heavy (non-hydrogen) atoms. The van der Waals surface area contributed by atoms with Crippen LogP contribution in [0.2, 0.25) is 0 Å². The number of hydrogen-bond donors (Lipinski definition) is 2. The number of carboxylic acids is 1. The van der Waals surface area contributed by atoms with Crippen LogP contribution in [0.25, 0.3) is 0 Å². The first kappa shape index (κ1) is 18.7. The van der Waals surface area contributed by atoms with Gasteiger partial charge in [-0.3, -0.25) is 4.79 Å². The highest BCUT2D eigenvalue weighted by Gasteiger charge is 2.17. The van der Waals surface area contributed by atoms with Gasteiger partial charge in [0.15, 0.2) is 0 Å². The highest BCUT2D eigenvalue weighted by Crippen LogP contribution is 2.01. The van der Waals surface area contributed by atoms with Crippen LogP contribution in [0.4, 0.5) is 4.79 Å². The summed E-state index contributed by atoms with van der Waals surface area (Å²) in [5, 5.41) is 11.5. The van der Waals surface area contributed by atoms with E-state index in [0.29, 0.717) is 12.6 Å². The minimum Gasteiger partial charge on any atom is -0.481 e. The van der Waals surface area contributed by atoms with E-state index in [9.17, 15) is 9.59 Å². The molecule has 0 heterocycles. The SMILES string of the molecule is CCC(C)N(C)CCNC(=O)N(CCC(=O)O)C(C)C. The molecule has 0 spiro atoms. The van der Waals surface area contributed by atoms with Gasteiger partial charge in [-0.05, 0) is 34.2 Å². The number of carbonyl (C=O) groups excluding carboxylic acids is 1. The van der Waals surface area contributed by atoms with Crippen molar-refractivity contribution in [3.05, 3.63) is 0 Å². The van der Waals surface area contributed by atoms with Crippen LogP contribution in [0, 0.1) is 0 Å². The zero-order valence-corrected chi connectivity index (χ0v) is 13.3. The van der Waals surface area contributed by atoms with E-state index in [-0.39, 0.29) is 25.0 Å². The topological polar surface area (TPSA) is 72.9 Å². The molecular weight excluding hydrogens is 258 g/mol. The molecular formula is C14H29N3O3. The molecule has 0 rings (SSSR count). The van der Waals surface area contributed by atoms with Gasteiger partial charge < -0.3 is 20.2 Å². The van der Waals surface area contributed by atoms with Gasteiger partial charge in [0.2, 0.25) is 0 Å². The molecule has 0 aliphatic rings. The summed E-state index contributed by atoms with van der Waals surface area (Å²) in [6.07, 6.45) is 1.04. The first-order valence-electron chi connectivity index (χ1n) is 7.26. The molecule has 1 unspecified atom stereocenters. The lowest BCUT2D eigenvalue weighted by Gasteiger charge is -2.28. The average molecular weight is 287 g/mol. The smallest absolute Gasteiger partial charge is 0.317 e. The molecule has 0 aromatic carbocycles. The quantitative estimate of drug-likeness (QED) is 0.676. The summed E-state index contributed by atoms with van der Waals surface area (Å²) in [6, 6.07) is 0.278. The van der Waals surface area contributed by atoms with Crippen molar-refractivity contribution in [3.8, 4) is 0 Å². The third kappa shape index (κ3) is 7.33. The summed E-state index contributed by atoms with van der Waals surface area (Å²) in [5.41, 5.74) is 0. The van der Waals surface area contributed by atoms with Gasteiger partial charge >= 0.3 is 12.0 Å². The standard InChI is InChI=1S/C14H29N3O3/c1-6-12(4)16(5)10-8-15-14(20)17(11(2)3)9-7-13(18)19/h11-12H,6-10H2,1-5H3,(H,15,20)(H,18,19). The minimum atomic E-state index is -0.889. The molecule has 1 atom stereocenters. The average Bonchev–Trinajstić information content (AvgIpc) is 2.36. The first-order valence-corrected chi connectivity index (χ1v) is 7.26. The maximum absolute atomic E-state index is 12.0. The lowest BCUT2D eigenvalue weighted by atomic mass is 10.2. The van der Waals surface area contributed by atoms with Crippen molar-refractivity contribution in [2.75, 3.05) is 26.7 Å². The zero-order valence-electron chi connectivity index (χ0n) is 13.3. The summed E-state index contributed by atoms with van der Waals surface area (Å²) >= 11 is 0. The molecule has 0 saturated carbocycles. The third-order valence-electron chi connectivity index (χ3n) is 3.53. The van der Waals surface area contributed by atoms with E-state index >= 15 is 0 Å². The molecule has 0 aromatic rings. The second-order valence-corrected chi connectivity index (χ2v) is 5.40. The van der Waals surface area contributed by atoms with E-state index in [0.717, 1.165) is 13.0 Å². The lowest BCUT2D eigenvalue weighted by Crippen LogP contribution is -2.47. The normalized spacial score (nSPS) is 12.6. The Morgan fingerprint density at radius 2 is 1.80 bits per heavy atom. The third-order valence-corrected chi connectivity index (χ3v) is 3.53. The lowest BCUT2D eigenvalue weighted by molar-refractivity contribution is -0.137. The molecule has 0 aliphatic carbocycles. The summed E-state index contributed by atoms with van der Waals surface area (Å²) in [4.78, 5) is 26.4. The predicted molar refractivity (Wildman–Crippen MR) is 79.9 cm³/mol. The molecule has 0 aliphatic heterocycles. The number of urea groups is 1. The van der Waals surface area contributed by atoms with Crippen LogP contribution < -0.4 is 5.32 Å². The molecule has 0 aromatic heterocycles. The predicted octanol–water partition coefficient (Wildman–Crippen LogP) is 1.61. The Morgan fingerprint density at radius 3 is 2.25 bits per heavy atom. The van der Waals surface area contributed by atoms with E-state index in [4.69, 9.17) is 5.11 Å². The zero-order chi connectivity index (χ0) is 15.7. The van der Waals surface area contributed by atoms with Crippen molar-refractivity contribution in [3.63, 3.8) is 0 Å². The summed E-state index contributed by atoms with van der Waals surface area (Å²) in [5.74, 6) is -0.889. The number of amides is 2. The number of nitrogens with zero attached hydrogens (tertiary/aromatic N) is 2. The van der Waals surface area contributed by atoms with Gasteiger partial charge in [-0.1, -0.05) is 6.92 Å². The van der Waals surface area contributed by atoms with Gasteiger partial charge in [0, 0.05) is 31.7 Å². The molecule has 0 saturated heterocycles. The van der Waals surface area contributed by atoms with Gasteiger partial charge in [-0.2, -0.15) is 0 Å². The van der Waals surface area contributed by atoms with E-state index in [2.05, 4.69) is 24.1 Å². The fraction of sp³-hybridized carbons (Fsp3) is 0.857. The van der Waals surface area contributed by atoms with Gasteiger partial charge in [-0.25, -0.2) is 4.79 Å². The number of aliphatic carboxylic acids is 1. The number of nitrogens with one attached hydrogen (secondary N) is 1. The summed E-state index contributed by atoms with van der Waals surface area (Å²) in [6.45, 7) is 9.63. The highest BCUT2D eigenvalue weighted by molar-refractivity contribution is 5.75. The Hall–Kier alpha value is -1.30. The maximum Gasteiger partial charge on any atom is 0.317 e. The van der Waals surface area contributed by atoms with Crippen molar-refractivity contribution in [1.82, 2.24) is 15.1 Å². The van der Waals surface area contributed by atoms with Gasteiger partial charge in [0.1, 0.15) is 0 Å². The van der Waals surface area contributed by atoms with Crippen molar-refractivity contribution in [2.24, 2.45) is 0 Å².